The minimum Gasteiger partial charge on any atom is -0.451 e. The van der Waals surface area contributed by atoms with Gasteiger partial charge in [0.05, 0.1) is 4.92 Å². The predicted molar refractivity (Wildman–Crippen MR) is 97.5 cm³/mol. The van der Waals surface area contributed by atoms with E-state index in [0.717, 1.165) is 19.3 Å². The van der Waals surface area contributed by atoms with Gasteiger partial charge in [-0.05, 0) is 48.9 Å². The van der Waals surface area contributed by atoms with E-state index in [9.17, 15) is 19.7 Å². The fourth-order valence-electron chi connectivity index (χ4n) is 2.87. The topological polar surface area (TPSA) is 98.5 Å². The van der Waals surface area contributed by atoms with Crippen molar-refractivity contribution in [2.24, 2.45) is 5.92 Å². The number of benzene rings is 1. The first-order valence-electron chi connectivity index (χ1n) is 8.25. The second kappa shape index (κ2) is 7.65. The van der Waals surface area contributed by atoms with Gasteiger partial charge in [-0.15, -0.1) is 11.3 Å². The first-order chi connectivity index (χ1) is 12.4. The zero-order chi connectivity index (χ0) is 18.7. The highest BCUT2D eigenvalue weighted by molar-refractivity contribution is 7.14. The molecule has 8 heteroatoms. The highest BCUT2D eigenvalue weighted by Crippen LogP contribution is 2.32. The molecule has 1 aromatic carbocycles. The Hall–Kier alpha value is -2.74. The molecule has 1 N–H and O–H groups in total. The molecule has 136 valence electrons. The number of rotatable bonds is 5. The van der Waals surface area contributed by atoms with Crippen molar-refractivity contribution >= 4 is 34.6 Å². The Kier molecular flexibility index (Phi) is 5.32. The summed E-state index contributed by atoms with van der Waals surface area (Å²) in [5, 5.41) is 13.1. The molecule has 2 aromatic rings. The molecule has 0 unspecified atom stereocenters. The number of amides is 1. The smallest absolute Gasteiger partial charge is 0.348 e. The standard InChI is InChI=1S/C18H18N2O5S/c1-11-2-7-15-12(8-11)9-16(26-15)18(22)25-10-17(21)19-13-3-5-14(6-4-13)20(23)24/h3-6,9,11H,2,7-8,10H2,1H3,(H,19,21)/t11-/m1/s1. The number of nitro benzene ring substituents is 1. The summed E-state index contributed by atoms with van der Waals surface area (Å²) in [6, 6.07) is 7.29. The number of hydrogen-bond donors (Lipinski definition) is 1. The maximum absolute atomic E-state index is 12.2. The molecule has 1 heterocycles. The van der Waals surface area contributed by atoms with Gasteiger partial charge >= 0.3 is 5.97 Å². The first-order valence-corrected chi connectivity index (χ1v) is 9.07. The van der Waals surface area contributed by atoms with E-state index in [1.807, 2.05) is 6.07 Å². The second-order valence-corrected chi connectivity index (χ2v) is 7.47. The summed E-state index contributed by atoms with van der Waals surface area (Å²) in [4.78, 5) is 35.9. The SMILES string of the molecule is C[C@@H]1CCc2sc(C(=O)OCC(=O)Nc3ccc([N+](=O)[O-])cc3)cc2C1. The van der Waals surface area contributed by atoms with E-state index in [4.69, 9.17) is 4.74 Å². The molecule has 1 atom stereocenters. The van der Waals surface area contributed by atoms with Crippen molar-refractivity contribution in [1.82, 2.24) is 0 Å². The quantitative estimate of drug-likeness (QED) is 0.490. The highest BCUT2D eigenvalue weighted by Gasteiger charge is 2.21. The Morgan fingerprint density at radius 3 is 2.77 bits per heavy atom. The van der Waals surface area contributed by atoms with Crippen LogP contribution in [-0.2, 0) is 22.4 Å². The Bertz CT molecular complexity index is 844. The monoisotopic (exact) mass is 374 g/mol. The van der Waals surface area contributed by atoms with Crippen LogP contribution < -0.4 is 5.32 Å². The van der Waals surface area contributed by atoms with Crippen molar-refractivity contribution in [3.05, 3.63) is 55.8 Å². The summed E-state index contributed by atoms with van der Waals surface area (Å²) in [6.45, 7) is 1.79. The van der Waals surface area contributed by atoms with E-state index < -0.39 is 23.4 Å². The van der Waals surface area contributed by atoms with Crippen molar-refractivity contribution in [2.45, 2.75) is 26.2 Å². The molecule has 1 aromatic heterocycles. The van der Waals surface area contributed by atoms with Crippen LogP contribution in [0.3, 0.4) is 0 Å². The van der Waals surface area contributed by atoms with Crippen LogP contribution in [0.2, 0.25) is 0 Å². The van der Waals surface area contributed by atoms with Gasteiger partial charge in [-0.1, -0.05) is 6.92 Å². The summed E-state index contributed by atoms with van der Waals surface area (Å²) in [5.41, 5.74) is 1.54. The lowest BCUT2D eigenvalue weighted by Gasteiger charge is -2.16. The normalized spacial score (nSPS) is 15.8. The predicted octanol–water partition coefficient (Wildman–Crippen LogP) is 3.58. The fourth-order valence-corrected chi connectivity index (χ4v) is 3.97. The fraction of sp³-hybridized carbons (Fsp3) is 0.333. The summed E-state index contributed by atoms with van der Waals surface area (Å²) < 4.78 is 5.08. The number of carbonyl (C=O) groups excluding carboxylic acids is 2. The lowest BCUT2D eigenvalue weighted by atomic mass is 9.90. The van der Waals surface area contributed by atoms with Crippen molar-refractivity contribution in [3.63, 3.8) is 0 Å². The third-order valence-electron chi connectivity index (χ3n) is 4.23. The van der Waals surface area contributed by atoms with E-state index >= 15 is 0 Å². The number of thiophene rings is 1. The molecule has 7 nitrogen and oxygen atoms in total. The third kappa shape index (κ3) is 4.26. The summed E-state index contributed by atoms with van der Waals surface area (Å²) in [5.74, 6) is -0.383. The molecule has 0 aliphatic heterocycles. The molecule has 0 saturated heterocycles. The van der Waals surface area contributed by atoms with Crippen LogP contribution in [0.5, 0.6) is 0 Å². The number of ether oxygens (including phenoxy) is 1. The van der Waals surface area contributed by atoms with Crippen molar-refractivity contribution < 1.29 is 19.2 Å². The van der Waals surface area contributed by atoms with Gasteiger partial charge in [0.2, 0.25) is 0 Å². The first kappa shape index (κ1) is 18.1. The Balaban J connectivity index is 1.52. The van der Waals surface area contributed by atoms with Crippen LogP contribution in [0.25, 0.3) is 0 Å². The average molecular weight is 374 g/mol. The van der Waals surface area contributed by atoms with Crippen LogP contribution >= 0.6 is 11.3 Å². The number of nitrogens with one attached hydrogen (secondary N) is 1. The summed E-state index contributed by atoms with van der Waals surface area (Å²) in [7, 11) is 0. The molecule has 1 aliphatic carbocycles. The van der Waals surface area contributed by atoms with Crippen LogP contribution in [-0.4, -0.2) is 23.4 Å². The Labute approximate surface area is 154 Å². The molecule has 0 saturated carbocycles. The number of fused-ring (bicyclic) bond motifs is 1. The molecule has 0 radical (unpaired) electrons. The molecule has 0 spiro atoms. The van der Waals surface area contributed by atoms with E-state index in [1.54, 1.807) is 0 Å². The molecular formula is C18H18N2O5S. The molecule has 1 aliphatic rings. The maximum Gasteiger partial charge on any atom is 0.348 e. The molecular weight excluding hydrogens is 356 g/mol. The number of carbonyl (C=O) groups is 2. The number of non-ortho nitro benzene ring substituents is 1. The third-order valence-corrected chi connectivity index (χ3v) is 5.44. The number of nitro groups is 1. The molecule has 1 amide bonds. The van der Waals surface area contributed by atoms with Gasteiger partial charge in [0.1, 0.15) is 4.88 Å². The lowest BCUT2D eigenvalue weighted by molar-refractivity contribution is -0.384. The zero-order valence-corrected chi connectivity index (χ0v) is 15.0. The van der Waals surface area contributed by atoms with Crippen molar-refractivity contribution in [3.8, 4) is 0 Å². The molecule has 0 fully saturated rings. The van der Waals surface area contributed by atoms with Crippen LogP contribution in [0.4, 0.5) is 11.4 Å². The van der Waals surface area contributed by atoms with Crippen molar-refractivity contribution in [1.29, 1.82) is 0 Å². The highest BCUT2D eigenvalue weighted by atomic mass is 32.1. The zero-order valence-electron chi connectivity index (χ0n) is 14.2. The Morgan fingerprint density at radius 2 is 2.08 bits per heavy atom. The molecule has 26 heavy (non-hydrogen) atoms. The Morgan fingerprint density at radius 1 is 1.35 bits per heavy atom. The molecule has 3 rings (SSSR count). The number of esters is 1. The van der Waals surface area contributed by atoms with E-state index in [0.29, 0.717) is 16.5 Å². The van der Waals surface area contributed by atoms with Crippen LogP contribution in [0, 0.1) is 16.0 Å². The second-order valence-electron chi connectivity index (χ2n) is 6.34. The van der Waals surface area contributed by atoms with E-state index in [1.165, 1.54) is 46.0 Å². The van der Waals surface area contributed by atoms with E-state index in [2.05, 4.69) is 12.2 Å². The van der Waals surface area contributed by atoms with Gasteiger partial charge in [0.25, 0.3) is 11.6 Å². The van der Waals surface area contributed by atoms with Gasteiger partial charge in [-0.25, -0.2) is 4.79 Å². The molecule has 0 bridgehead atoms. The van der Waals surface area contributed by atoms with Gasteiger partial charge in [-0.3, -0.25) is 14.9 Å². The van der Waals surface area contributed by atoms with Crippen molar-refractivity contribution in [2.75, 3.05) is 11.9 Å². The maximum atomic E-state index is 12.2. The summed E-state index contributed by atoms with van der Waals surface area (Å²) in [6.07, 6.45) is 3.08. The van der Waals surface area contributed by atoms with Gasteiger partial charge in [0.15, 0.2) is 6.61 Å². The summed E-state index contributed by atoms with van der Waals surface area (Å²) >= 11 is 1.44. The average Bonchev–Trinajstić information content (AvgIpc) is 3.03. The number of nitrogens with zero attached hydrogens (tertiary/aromatic N) is 1. The number of anilines is 1. The van der Waals surface area contributed by atoms with Gasteiger partial charge in [0, 0.05) is 22.7 Å². The minimum atomic E-state index is -0.519. The van der Waals surface area contributed by atoms with Gasteiger partial charge in [-0.2, -0.15) is 0 Å². The minimum absolute atomic E-state index is 0.0644. The number of hydrogen-bond acceptors (Lipinski definition) is 6. The van der Waals surface area contributed by atoms with Gasteiger partial charge < -0.3 is 10.1 Å². The van der Waals surface area contributed by atoms with Crippen LogP contribution in [0.1, 0.15) is 33.5 Å². The van der Waals surface area contributed by atoms with E-state index in [-0.39, 0.29) is 5.69 Å². The van der Waals surface area contributed by atoms with Crippen LogP contribution in [0.15, 0.2) is 30.3 Å². The largest absolute Gasteiger partial charge is 0.451 e. The number of aryl methyl sites for hydroxylation is 1. The lowest BCUT2D eigenvalue weighted by Crippen LogP contribution is -2.20.